The van der Waals surface area contributed by atoms with Crippen LogP contribution in [0.2, 0.25) is 0 Å². The minimum absolute atomic E-state index is 0.202. The number of hydrogen-bond acceptors (Lipinski definition) is 3. The summed E-state index contributed by atoms with van der Waals surface area (Å²) >= 11 is 0. The second kappa shape index (κ2) is 4.06. The first kappa shape index (κ1) is 10.2. The molecule has 1 aromatic heterocycles. The van der Waals surface area contributed by atoms with E-state index in [1.165, 1.54) is 18.6 Å². The van der Waals surface area contributed by atoms with Crippen LogP contribution in [0.1, 0.15) is 5.56 Å². The number of nitrogens with zero attached hydrogens (tertiary/aromatic N) is 1. The average molecular weight is 218 g/mol. The molecule has 1 N–H and O–H groups in total. The largest absolute Gasteiger partial charge is 0.472 e. The first-order valence-electron chi connectivity index (χ1n) is 4.70. The summed E-state index contributed by atoms with van der Waals surface area (Å²) in [4.78, 5) is 24.2. The van der Waals surface area contributed by atoms with E-state index in [0.29, 0.717) is 0 Å². The zero-order chi connectivity index (χ0) is 11.5. The lowest BCUT2D eigenvalue weighted by Crippen LogP contribution is -2.30. The van der Waals surface area contributed by atoms with Gasteiger partial charge in [-0.2, -0.15) is 0 Å². The van der Waals surface area contributed by atoms with Crippen molar-refractivity contribution in [3.8, 4) is 0 Å². The number of hydrogen-bond donors (Lipinski definition) is 1. The maximum absolute atomic E-state index is 11.7. The van der Waals surface area contributed by atoms with Crippen molar-refractivity contribution in [1.82, 2.24) is 10.2 Å². The zero-order valence-electron chi connectivity index (χ0n) is 8.47. The number of carbonyl (C=O) groups is 2. The number of amides is 3. The van der Waals surface area contributed by atoms with Crippen LogP contribution < -0.4 is 5.32 Å². The van der Waals surface area contributed by atoms with Gasteiger partial charge >= 0.3 is 6.03 Å². The first-order valence-corrected chi connectivity index (χ1v) is 4.70. The van der Waals surface area contributed by atoms with Gasteiger partial charge in [0.05, 0.1) is 12.5 Å². The highest BCUT2D eigenvalue weighted by Gasteiger charge is 2.32. The standard InChI is InChI=1S/C11H10N2O3/c1-2-4-13-10(14)9(12-11(13)15)6-8-3-5-16-7-8/h2-3,5-7H,1,4H2,(H,12,15)/b9-6+. The van der Waals surface area contributed by atoms with Crippen molar-refractivity contribution in [2.24, 2.45) is 0 Å². The van der Waals surface area contributed by atoms with Gasteiger partial charge in [0, 0.05) is 12.1 Å². The van der Waals surface area contributed by atoms with Crippen molar-refractivity contribution in [1.29, 1.82) is 0 Å². The summed E-state index contributed by atoms with van der Waals surface area (Å²) in [6, 6.07) is 1.27. The molecule has 82 valence electrons. The van der Waals surface area contributed by atoms with Crippen molar-refractivity contribution in [2.75, 3.05) is 6.54 Å². The number of furan rings is 1. The fourth-order valence-electron chi connectivity index (χ4n) is 1.39. The van der Waals surface area contributed by atoms with Gasteiger partial charge in [0.1, 0.15) is 5.70 Å². The summed E-state index contributed by atoms with van der Waals surface area (Å²) in [5.74, 6) is -0.355. The predicted octanol–water partition coefficient (Wildman–Crippen LogP) is 1.36. The van der Waals surface area contributed by atoms with Crippen molar-refractivity contribution >= 4 is 18.0 Å². The third-order valence-corrected chi connectivity index (χ3v) is 2.13. The summed E-state index contributed by atoms with van der Waals surface area (Å²) in [6.07, 6.45) is 6.04. The average Bonchev–Trinajstić information content (AvgIpc) is 2.84. The molecule has 0 aliphatic carbocycles. The third-order valence-electron chi connectivity index (χ3n) is 2.13. The van der Waals surface area contributed by atoms with Gasteiger partial charge in [0.15, 0.2) is 0 Å². The van der Waals surface area contributed by atoms with E-state index in [1.54, 1.807) is 12.1 Å². The normalized spacial score (nSPS) is 18.0. The van der Waals surface area contributed by atoms with Crippen LogP contribution in [0.5, 0.6) is 0 Å². The molecule has 0 atom stereocenters. The summed E-state index contributed by atoms with van der Waals surface area (Å²) in [7, 11) is 0. The fraction of sp³-hybridized carbons (Fsp3) is 0.0909. The molecule has 1 aliphatic heterocycles. The molecule has 0 spiro atoms. The van der Waals surface area contributed by atoms with E-state index in [4.69, 9.17) is 4.42 Å². The van der Waals surface area contributed by atoms with E-state index < -0.39 is 6.03 Å². The number of carbonyl (C=O) groups excluding carboxylic acids is 2. The highest BCUT2D eigenvalue weighted by atomic mass is 16.3. The Morgan fingerprint density at radius 1 is 1.50 bits per heavy atom. The highest BCUT2D eigenvalue weighted by molar-refractivity contribution is 6.14. The Kier molecular flexibility index (Phi) is 2.59. The summed E-state index contributed by atoms with van der Waals surface area (Å²) in [5, 5.41) is 2.49. The molecule has 3 amide bonds. The lowest BCUT2D eigenvalue weighted by Gasteiger charge is -2.06. The van der Waals surface area contributed by atoms with Crippen LogP contribution in [0, 0.1) is 0 Å². The first-order chi connectivity index (χ1) is 7.72. The molecule has 2 rings (SSSR count). The van der Waals surface area contributed by atoms with Crippen LogP contribution >= 0.6 is 0 Å². The Morgan fingerprint density at radius 2 is 2.31 bits per heavy atom. The van der Waals surface area contributed by atoms with Crippen LogP contribution in [0.25, 0.3) is 6.08 Å². The minimum atomic E-state index is -0.431. The Morgan fingerprint density at radius 3 is 2.94 bits per heavy atom. The highest BCUT2D eigenvalue weighted by Crippen LogP contribution is 2.13. The molecule has 0 bridgehead atoms. The van der Waals surface area contributed by atoms with Gasteiger partial charge in [-0.1, -0.05) is 6.08 Å². The minimum Gasteiger partial charge on any atom is -0.472 e. The quantitative estimate of drug-likeness (QED) is 0.473. The Balaban J connectivity index is 2.23. The van der Waals surface area contributed by atoms with Crippen LogP contribution in [0.15, 0.2) is 41.4 Å². The molecule has 1 saturated heterocycles. The van der Waals surface area contributed by atoms with Crippen LogP contribution in [0.4, 0.5) is 4.79 Å². The molecule has 1 aromatic rings. The number of rotatable bonds is 3. The molecule has 1 aliphatic rings. The van der Waals surface area contributed by atoms with Crippen molar-refractivity contribution in [3.63, 3.8) is 0 Å². The fourth-order valence-corrected chi connectivity index (χ4v) is 1.39. The molecule has 1 fully saturated rings. The van der Waals surface area contributed by atoms with Gasteiger partial charge < -0.3 is 9.73 Å². The molecule has 0 aromatic carbocycles. The summed E-state index contributed by atoms with van der Waals surface area (Å²) in [6.45, 7) is 3.69. The van der Waals surface area contributed by atoms with Gasteiger partial charge in [-0.3, -0.25) is 9.69 Å². The smallest absolute Gasteiger partial charge is 0.329 e. The Labute approximate surface area is 92.0 Å². The lowest BCUT2D eigenvalue weighted by molar-refractivity contribution is -0.122. The van der Waals surface area contributed by atoms with Crippen LogP contribution in [-0.2, 0) is 4.79 Å². The lowest BCUT2D eigenvalue weighted by atomic mass is 10.2. The van der Waals surface area contributed by atoms with Crippen LogP contribution in [0.3, 0.4) is 0 Å². The van der Waals surface area contributed by atoms with Crippen molar-refractivity contribution in [3.05, 3.63) is 42.5 Å². The monoisotopic (exact) mass is 218 g/mol. The summed E-state index contributed by atoms with van der Waals surface area (Å²) in [5.41, 5.74) is 0.970. The Bertz CT molecular complexity index is 460. The van der Waals surface area contributed by atoms with Gasteiger partial charge in [0.2, 0.25) is 0 Å². The summed E-state index contributed by atoms with van der Waals surface area (Å²) < 4.78 is 4.86. The van der Waals surface area contributed by atoms with Crippen molar-refractivity contribution in [2.45, 2.75) is 0 Å². The van der Waals surface area contributed by atoms with Crippen LogP contribution in [-0.4, -0.2) is 23.4 Å². The van der Waals surface area contributed by atoms with Gasteiger partial charge in [-0.15, -0.1) is 6.58 Å². The molecule has 5 nitrogen and oxygen atoms in total. The molecule has 0 unspecified atom stereocenters. The van der Waals surface area contributed by atoms with E-state index in [9.17, 15) is 9.59 Å². The zero-order valence-corrected chi connectivity index (χ0v) is 8.47. The molecular formula is C11H10N2O3. The second-order valence-electron chi connectivity index (χ2n) is 3.25. The number of urea groups is 1. The number of imide groups is 1. The topological polar surface area (TPSA) is 62.6 Å². The van der Waals surface area contributed by atoms with Crippen molar-refractivity contribution < 1.29 is 14.0 Å². The van der Waals surface area contributed by atoms with E-state index in [1.807, 2.05) is 0 Å². The van der Waals surface area contributed by atoms with E-state index >= 15 is 0 Å². The van der Waals surface area contributed by atoms with Gasteiger partial charge in [-0.05, 0) is 12.1 Å². The third kappa shape index (κ3) is 1.75. The molecule has 0 saturated carbocycles. The van der Waals surface area contributed by atoms with Gasteiger partial charge in [-0.25, -0.2) is 4.79 Å². The van der Waals surface area contributed by atoms with Gasteiger partial charge in [0.25, 0.3) is 5.91 Å². The number of nitrogens with one attached hydrogen (secondary N) is 1. The molecular weight excluding hydrogens is 208 g/mol. The SMILES string of the molecule is C=CCN1C(=O)N/C(=C/c2ccoc2)C1=O. The molecule has 5 heteroatoms. The molecule has 0 radical (unpaired) electrons. The van der Waals surface area contributed by atoms with E-state index in [-0.39, 0.29) is 18.1 Å². The predicted molar refractivity (Wildman–Crippen MR) is 57.1 cm³/mol. The Hall–Kier alpha value is -2.30. The maximum atomic E-state index is 11.7. The second-order valence-corrected chi connectivity index (χ2v) is 3.25. The molecule has 2 heterocycles. The maximum Gasteiger partial charge on any atom is 0.329 e. The molecule has 16 heavy (non-hydrogen) atoms. The van der Waals surface area contributed by atoms with E-state index in [0.717, 1.165) is 10.5 Å². The van der Waals surface area contributed by atoms with E-state index in [2.05, 4.69) is 11.9 Å².